The molecule has 1 fully saturated rings. The first kappa shape index (κ1) is 17.9. The molecule has 0 bridgehead atoms. The van der Waals surface area contributed by atoms with Crippen molar-refractivity contribution in [2.75, 3.05) is 6.54 Å². The molecule has 1 aliphatic rings. The predicted octanol–water partition coefficient (Wildman–Crippen LogP) is 2.69. The topological polar surface area (TPSA) is 82.0 Å². The van der Waals surface area contributed by atoms with Crippen molar-refractivity contribution in [1.82, 2.24) is 10.6 Å². The van der Waals surface area contributed by atoms with Gasteiger partial charge in [-0.2, -0.15) is 5.26 Å². The van der Waals surface area contributed by atoms with Gasteiger partial charge >= 0.3 is 0 Å². The second kappa shape index (κ2) is 7.54. The second-order valence-electron chi connectivity index (χ2n) is 6.05. The molecule has 0 saturated carbocycles. The molecule has 5 nitrogen and oxygen atoms in total. The van der Waals surface area contributed by atoms with Gasteiger partial charge in [0.1, 0.15) is 5.82 Å². The van der Waals surface area contributed by atoms with Gasteiger partial charge in [0.25, 0.3) is 0 Å². The molecule has 1 heterocycles. The third kappa shape index (κ3) is 3.84. The zero-order valence-corrected chi connectivity index (χ0v) is 14.4. The molecule has 1 saturated heterocycles. The fourth-order valence-electron chi connectivity index (χ4n) is 2.85. The lowest BCUT2D eigenvalue weighted by Gasteiger charge is -2.22. The lowest BCUT2D eigenvalue weighted by atomic mass is 9.96. The van der Waals surface area contributed by atoms with E-state index in [2.05, 4.69) is 10.6 Å². The van der Waals surface area contributed by atoms with E-state index in [0.717, 1.165) is 5.56 Å². The Bertz CT molecular complexity index is 893. The number of nitrogens with one attached hydrogen (secondary N) is 2. The summed E-state index contributed by atoms with van der Waals surface area (Å²) in [5.74, 6) is -1.45. The van der Waals surface area contributed by atoms with E-state index in [1.165, 1.54) is 12.1 Å². The summed E-state index contributed by atoms with van der Waals surface area (Å²) in [7, 11) is 0. The first-order valence-electron chi connectivity index (χ1n) is 8.00. The molecule has 2 N–H and O–H groups in total. The van der Waals surface area contributed by atoms with Crippen LogP contribution in [0, 0.1) is 23.1 Å². The van der Waals surface area contributed by atoms with Crippen LogP contribution in [0.2, 0.25) is 5.02 Å². The molecule has 7 heteroatoms. The lowest BCUT2D eigenvalue weighted by Crippen LogP contribution is -2.35. The third-order valence-electron chi connectivity index (χ3n) is 4.28. The zero-order chi connectivity index (χ0) is 18.7. The Morgan fingerprint density at radius 2 is 1.96 bits per heavy atom. The largest absolute Gasteiger partial charge is 0.355 e. The normalized spacial score (nSPS) is 17.3. The smallest absolute Gasteiger partial charge is 0.226 e. The number of carbonyl (C=O) groups is 2. The summed E-state index contributed by atoms with van der Waals surface area (Å²) in [6.45, 7) is 0.287. The molecule has 2 atom stereocenters. The SMILES string of the molecule is N#Cc1ccc([C@@H](NC(=O)[C@@H]2CNC(=O)C2)c2ccc(F)c(Cl)c2)cc1. The van der Waals surface area contributed by atoms with Crippen LogP contribution in [0.4, 0.5) is 4.39 Å². The first-order valence-corrected chi connectivity index (χ1v) is 8.38. The maximum absolute atomic E-state index is 13.5. The molecular formula is C19H15ClFN3O2. The Kier molecular flexibility index (Phi) is 5.19. The average Bonchev–Trinajstić information content (AvgIpc) is 3.09. The molecule has 0 aliphatic carbocycles. The minimum Gasteiger partial charge on any atom is -0.355 e. The quantitative estimate of drug-likeness (QED) is 0.866. The van der Waals surface area contributed by atoms with E-state index in [1.807, 2.05) is 6.07 Å². The Labute approximate surface area is 154 Å². The molecule has 3 rings (SSSR count). The number of halogens is 2. The Morgan fingerprint density at radius 1 is 1.27 bits per heavy atom. The number of nitrogens with zero attached hydrogens (tertiary/aromatic N) is 1. The molecule has 2 aromatic rings. The first-order chi connectivity index (χ1) is 12.5. The van der Waals surface area contributed by atoms with Gasteiger partial charge in [0.15, 0.2) is 0 Å². The second-order valence-corrected chi connectivity index (χ2v) is 6.46. The van der Waals surface area contributed by atoms with Crippen molar-refractivity contribution in [3.05, 3.63) is 70.0 Å². The van der Waals surface area contributed by atoms with Crippen molar-refractivity contribution in [1.29, 1.82) is 5.26 Å². The maximum atomic E-state index is 13.5. The predicted molar refractivity (Wildman–Crippen MR) is 93.7 cm³/mol. The minimum atomic E-state index is -0.580. The number of benzene rings is 2. The fraction of sp³-hybridized carbons (Fsp3) is 0.211. The minimum absolute atomic E-state index is 0.0481. The van der Waals surface area contributed by atoms with Crippen molar-refractivity contribution >= 4 is 23.4 Å². The molecule has 0 aromatic heterocycles. The van der Waals surface area contributed by atoms with Crippen molar-refractivity contribution < 1.29 is 14.0 Å². The molecule has 2 amide bonds. The van der Waals surface area contributed by atoms with Crippen LogP contribution in [0.1, 0.15) is 29.2 Å². The maximum Gasteiger partial charge on any atom is 0.226 e. The van der Waals surface area contributed by atoms with E-state index in [-0.39, 0.29) is 29.8 Å². The average molecular weight is 372 g/mol. The lowest BCUT2D eigenvalue weighted by molar-refractivity contribution is -0.126. The van der Waals surface area contributed by atoms with E-state index in [0.29, 0.717) is 11.1 Å². The Hall–Kier alpha value is -2.91. The molecule has 26 heavy (non-hydrogen) atoms. The van der Waals surface area contributed by atoms with E-state index < -0.39 is 17.8 Å². The molecule has 0 unspecified atom stereocenters. The summed E-state index contributed by atoms with van der Waals surface area (Å²) in [5, 5.41) is 14.4. The zero-order valence-electron chi connectivity index (χ0n) is 13.6. The van der Waals surface area contributed by atoms with Gasteiger partial charge in [-0.25, -0.2) is 4.39 Å². The fourth-order valence-corrected chi connectivity index (χ4v) is 3.04. The van der Waals surface area contributed by atoms with Crippen molar-refractivity contribution in [3.8, 4) is 6.07 Å². The van der Waals surface area contributed by atoms with Crippen molar-refractivity contribution in [3.63, 3.8) is 0 Å². The van der Waals surface area contributed by atoms with Gasteiger partial charge in [-0.05, 0) is 35.4 Å². The highest BCUT2D eigenvalue weighted by Gasteiger charge is 2.30. The number of nitriles is 1. The van der Waals surface area contributed by atoms with Crippen LogP contribution in [-0.4, -0.2) is 18.4 Å². The molecular weight excluding hydrogens is 357 g/mol. The Balaban J connectivity index is 1.92. The summed E-state index contributed by atoms with van der Waals surface area (Å²) in [6, 6.07) is 12.4. The van der Waals surface area contributed by atoms with Crippen molar-refractivity contribution in [2.45, 2.75) is 12.5 Å². The molecule has 0 radical (unpaired) electrons. The summed E-state index contributed by atoms with van der Waals surface area (Å²) < 4.78 is 13.5. The molecule has 132 valence electrons. The van der Waals surface area contributed by atoms with Gasteiger partial charge in [-0.15, -0.1) is 0 Å². The van der Waals surface area contributed by atoms with Gasteiger partial charge in [0.05, 0.1) is 28.6 Å². The summed E-state index contributed by atoms with van der Waals surface area (Å²) in [5.41, 5.74) is 1.81. The van der Waals surface area contributed by atoms with Crippen LogP contribution in [0.3, 0.4) is 0 Å². The van der Waals surface area contributed by atoms with E-state index >= 15 is 0 Å². The van der Waals surface area contributed by atoms with Gasteiger partial charge in [0.2, 0.25) is 11.8 Å². The van der Waals surface area contributed by atoms with Crippen LogP contribution in [0.15, 0.2) is 42.5 Å². The highest BCUT2D eigenvalue weighted by Crippen LogP contribution is 2.27. The third-order valence-corrected chi connectivity index (χ3v) is 4.57. The highest BCUT2D eigenvalue weighted by molar-refractivity contribution is 6.30. The molecule has 0 spiro atoms. The molecule has 1 aliphatic heterocycles. The van der Waals surface area contributed by atoms with Crippen LogP contribution in [0.5, 0.6) is 0 Å². The van der Waals surface area contributed by atoms with E-state index in [9.17, 15) is 14.0 Å². The Morgan fingerprint density at radius 3 is 2.54 bits per heavy atom. The standard InChI is InChI=1S/C19H15ClFN3O2/c20-15-7-13(5-6-16(15)21)18(12-3-1-11(9-22)2-4-12)24-19(26)14-8-17(25)23-10-14/h1-7,14,18H,8,10H2,(H,23,25)(H,24,26)/t14-,18+/m0/s1. The van der Waals surface area contributed by atoms with Crippen LogP contribution in [0.25, 0.3) is 0 Å². The van der Waals surface area contributed by atoms with Gasteiger partial charge in [-0.3, -0.25) is 9.59 Å². The van der Waals surface area contributed by atoms with Gasteiger partial charge in [-0.1, -0.05) is 29.8 Å². The number of amides is 2. The number of hydrogen-bond donors (Lipinski definition) is 2. The van der Waals surface area contributed by atoms with Crippen molar-refractivity contribution in [2.24, 2.45) is 5.92 Å². The molecule has 2 aromatic carbocycles. The number of carbonyl (C=O) groups excluding carboxylic acids is 2. The van der Waals surface area contributed by atoms with Crippen LogP contribution >= 0.6 is 11.6 Å². The van der Waals surface area contributed by atoms with Crippen LogP contribution < -0.4 is 10.6 Å². The highest BCUT2D eigenvalue weighted by atomic mass is 35.5. The van der Waals surface area contributed by atoms with Gasteiger partial charge in [0, 0.05) is 13.0 Å². The van der Waals surface area contributed by atoms with E-state index in [4.69, 9.17) is 16.9 Å². The van der Waals surface area contributed by atoms with Gasteiger partial charge < -0.3 is 10.6 Å². The summed E-state index contributed by atoms with van der Waals surface area (Å²) >= 11 is 5.89. The summed E-state index contributed by atoms with van der Waals surface area (Å²) in [4.78, 5) is 23.9. The number of rotatable bonds is 4. The summed E-state index contributed by atoms with van der Waals surface area (Å²) in [6.07, 6.45) is 0.135. The monoisotopic (exact) mass is 371 g/mol. The van der Waals surface area contributed by atoms with E-state index in [1.54, 1.807) is 30.3 Å². The van der Waals surface area contributed by atoms with Crippen LogP contribution in [-0.2, 0) is 9.59 Å². The number of hydrogen-bond acceptors (Lipinski definition) is 3.